The quantitative estimate of drug-likeness (QED) is 0.894. The number of halogens is 1. The molecule has 4 heteroatoms. The lowest BCUT2D eigenvalue weighted by Gasteiger charge is -2.14. The lowest BCUT2D eigenvalue weighted by molar-refractivity contribution is 0.251. The van der Waals surface area contributed by atoms with Crippen LogP contribution in [0.4, 0.5) is 0 Å². The van der Waals surface area contributed by atoms with Crippen molar-refractivity contribution >= 4 is 11.6 Å². The zero-order valence-corrected chi connectivity index (χ0v) is 11.7. The van der Waals surface area contributed by atoms with Crippen LogP contribution >= 0.6 is 11.6 Å². The lowest BCUT2D eigenvalue weighted by Crippen LogP contribution is -2.11. The van der Waals surface area contributed by atoms with E-state index in [1.54, 1.807) is 0 Å². The molecule has 1 aromatic carbocycles. The van der Waals surface area contributed by atoms with Gasteiger partial charge in [0, 0.05) is 36.1 Å². The fourth-order valence-corrected chi connectivity index (χ4v) is 3.23. The van der Waals surface area contributed by atoms with Gasteiger partial charge in [0.05, 0.1) is 5.02 Å². The summed E-state index contributed by atoms with van der Waals surface area (Å²) in [6.07, 6.45) is 2.19. The molecule has 0 fully saturated rings. The number of hydrogen-bond acceptors (Lipinski definition) is 3. The molecule has 0 bridgehead atoms. The van der Waals surface area contributed by atoms with Gasteiger partial charge in [0.25, 0.3) is 0 Å². The molecule has 3 nitrogen and oxygen atoms in total. The van der Waals surface area contributed by atoms with Crippen molar-refractivity contribution in [2.75, 3.05) is 7.05 Å². The molecule has 98 valence electrons. The summed E-state index contributed by atoms with van der Waals surface area (Å²) in [5.74, 6) is 1.86. The van der Waals surface area contributed by atoms with Crippen LogP contribution in [0.5, 0.6) is 11.5 Å². The van der Waals surface area contributed by atoms with Crippen molar-refractivity contribution < 1.29 is 9.47 Å². The molecule has 0 aliphatic carbocycles. The Morgan fingerprint density at radius 1 is 1.11 bits per heavy atom. The maximum atomic E-state index is 6.48. The average molecular weight is 268 g/mol. The van der Waals surface area contributed by atoms with Gasteiger partial charge in [-0.3, -0.25) is 0 Å². The molecule has 0 aromatic heterocycles. The second-order valence-corrected chi connectivity index (χ2v) is 5.58. The van der Waals surface area contributed by atoms with Crippen LogP contribution in [0.25, 0.3) is 0 Å². The Labute approximate surface area is 112 Å². The highest BCUT2D eigenvalue weighted by molar-refractivity contribution is 6.33. The average Bonchev–Trinajstić information content (AvgIpc) is 2.88. The molecule has 0 spiro atoms. The van der Waals surface area contributed by atoms with Crippen LogP contribution < -0.4 is 14.8 Å². The molecule has 18 heavy (non-hydrogen) atoms. The number of benzene rings is 1. The predicted molar refractivity (Wildman–Crippen MR) is 71.8 cm³/mol. The normalized spacial score (nSPS) is 24.4. The van der Waals surface area contributed by atoms with Crippen molar-refractivity contribution in [3.8, 4) is 11.5 Å². The van der Waals surface area contributed by atoms with Gasteiger partial charge in [-0.2, -0.15) is 0 Å². The van der Waals surface area contributed by atoms with E-state index < -0.39 is 0 Å². The Balaban J connectivity index is 2.19. The number of nitrogens with one attached hydrogen (secondary N) is 1. The Bertz CT molecular complexity index is 462. The Kier molecular flexibility index (Phi) is 2.91. The largest absolute Gasteiger partial charge is 0.490 e. The van der Waals surface area contributed by atoms with Crippen molar-refractivity contribution in [2.24, 2.45) is 0 Å². The molecule has 2 heterocycles. The van der Waals surface area contributed by atoms with Crippen LogP contribution in [-0.4, -0.2) is 19.3 Å². The minimum Gasteiger partial charge on any atom is -0.490 e. The second kappa shape index (κ2) is 4.32. The fraction of sp³-hybridized carbons (Fsp3) is 0.571. The summed E-state index contributed by atoms with van der Waals surface area (Å²) in [7, 11) is 1.95. The van der Waals surface area contributed by atoms with Crippen LogP contribution in [0, 0.1) is 0 Å². The van der Waals surface area contributed by atoms with E-state index in [1.165, 1.54) is 11.1 Å². The highest BCUT2D eigenvalue weighted by Crippen LogP contribution is 2.49. The molecule has 2 unspecified atom stereocenters. The van der Waals surface area contributed by atoms with Crippen molar-refractivity contribution in [1.29, 1.82) is 0 Å². The van der Waals surface area contributed by atoms with E-state index in [9.17, 15) is 0 Å². The smallest absolute Gasteiger partial charge is 0.142 e. The molecule has 2 atom stereocenters. The molecule has 1 aromatic rings. The standard InChI is InChI=1S/C14H18ClNO2/c1-7-4-9-11(6-16-3)13-10(5-8(2)17-13)12(15)14(9)18-7/h7-8,16H,4-6H2,1-3H3. The van der Waals surface area contributed by atoms with Gasteiger partial charge in [-0.25, -0.2) is 0 Å². The van der Waals surface area contributed by atoms with Crippen molar-refractivity contribution in [3.63, 3.8) is 0 Å². The van der Waals surface area contributed by atoms with Crippen LogP contribution in [0.3, 0.4) is 0 Å². The third-order valence-electron chi connectivity index (χ3n) is 3.63. The third-order valence-corrected chi connectivity index (χ3v) is 4.03. The van der Waals surface area contributed by atoms with E-state index in [0.717, 1.165) is 41.5 Å². The maximum Gasteiger partial charge on any atom is 0.142 e. The minimum atomic E-state index is 0.202. The van der Waals surface area contributed by atoms with Gasteiger partial charge in [-0.15, -0.1) is 0 Å². The summed E-state index contributed by atoms with van der Waals surface area (Å²) < 4.78 is 11.8. The first kappa shape index (κ1) is 12.1. The highest BCUT2D eigenvalue weighted by Gasteiger charge is 2.34. The molecule has 0 saturated heterocycles. The molecule has 2 aliphatic heterocycles. The molecule has 0 radical (unpaired) electrons. The van der Waals surface area contributed by atoms with Crippen LogP contribution in [0.1, 0.15) is 30.5 Å². The summed E-state index contributed by atoms with van der Waals surface area (Å²) in [6, 6.07) is 0. The van der Waals surface area contributed by atoms with Crippen molar-refractivity contribution in [2.45, 2.75) is 45.4 Å². The topological polar surface area (TPSA) is 30.5 Å². The highest BCUT2D eigenvalue weighted by atomic mass is 35.5. The van der Waals surface area contributed by atoms with Crippen molar-refractivity contribution in [1.82, 2.24) is 5.32 Å². The summed E-state index contributed by atoms with van der Waals surface area (Å²) in [4.78, 5) is 0. The van der Waals surface area contributed by atoms with Gasteiger partial charge >= 0.3 is 0 Å². The van der Waals surface area contributed by atoms with E-state index in [2.05, 4.69) is 19.2 Å². The van der Waals surface area contributed by atoms with E-state index in [1.807, 2.05) is 7.05 Å². The summed E-state index contributed by atoms with van der Waals surface area (Å²) in [6.45, 7) is 4.95. The first-order valence-corrected chi connectivity index (χ1v) is 6.83. The molecular weight excluding hydrogens is 250 g/mol. The van der Waals surface area contributed by atoms with E-state index >= 15 is 0 Å². The molecular formula is C14H18ClNO2. The van der Waals surface area contributed by atoms with Crippen LogP contribution in [-0.2, 0) is 19.4 Å². The summed E-state index contributed by atoms with van der Waals surface area (Å²) in [5.41, 5.74) is 3.55. The number of rotatable bonds is 2. The van der Waals surface area contributed by atoms with Crippen LogP contribution in [0.15, 0.2) is 0 Å². The molecule has 1 N–H and O–H groups in total. The predicted octanol–water partition coefficient (Wildman–Crippen LogP) is 2.71. The Morgan fingerprint density at radius 2 is 1.72 bits per heavy atom. The summed E-state index contributed by atoms with van der Waals surface area (Å²) in [5, 5.41) is 3.97. The first-order chi connectivity index (χ1) is 8.61. The fourth-order valence-electron chi connectivity index (χ4n) is 2.91. The van der Waals surface area contributed by atoms with Gasteiger partial charge in [0.2, 0.25) is 0 Å². The van der Waals surface area contributed by atoms with Gasteiger partial charge in [-0.05, 0) is 20.9 Å². The monoisotopic (exact) mass is 267 g/mol. The number of ether oxygens (including phenoxy) is 2. The molecule has 2 aliphatic rings. The van der Waals surface area contributed by atoms with E-state index in [4.69, 9.17) is 21.1 Å². The van der Waals surface area contributed by atoms with E-state index in [-0.39, 0.29) is 12.2 Å². The van der Waals surface area contributed by atoms with Gasteiger partial charge in [-0.1, -0.05) is 11.6 Å². The minimum absolute atomic E-state index is 0.202. The zero-order valence-electron chi connectivity index (χ0n) is 11.0. The molecule has 0 saturated carbocycles. The number of fused-ring (bicyclic) bond motifs is 2. The molecule has 3 rings (SSSR count). The second-order valence-electron chi connectivity index (χ2n) is 5.20. The molecule has 0 amide bonds. The van der Waals surface area contributed by atoms with Gasteiger partial charge in [0.1, 0.15) is 23.7 Å². The van der Waals surface area contributed by atoms with Gasteiger partial charge in [0.15, 0.2) is 0 Å². The maximum absolute atomic E-state index is 6.48. The first-order valence-electron chi connectivity index (χ1n) is 6.45. The zero-order chi connectivity index (χ0) is 12.9. The Morgan fingerprint density at radius 3 is 2.39 bits per heavy atom. The van der Waals surface area contributed by atoms with E-state index in [0.29, 0.717) is 0 Å². The van der Waals surface area contributed by atoms with Gasteiger partial charge < -0.3 is 14.8 Å². The number of hydrogen-bond donors (Lipinski definition) is 1. The Hall–Kier alpha value is -0.930. The third kappa shape index (κ3) is 1.69. The summed E-state index contributed by atoms with van der Waals surface area (Å²) >= 11 is 6.48. The van der Waals surface area contributed by atoms with Crippen LogP contribution in [0.2, 0.25) is 5.02 Å². The lowest BCUT2D eigenvalue weighted by atomic mass is 9.97. The SMILES string of the molecule is CNCc1c2c(c(Cl)c3c1OC(C)C3)OC(C)C2. The van der Waals surface area contributed by atoms with Crippen molar-refractivity contribution in [3.05, 3.63) is 21.7 Å².